The van der Waals surface area contributed by atoms with Crippen LogP contribution in [0.1, 0.15) is 137 Å². The number of hydrogen-bond donors (Lipinski definition) is 3. The summed E-state index contributed by atoms with van der Waals surface area (Å²) in [5, 5.41) is 36.0. The summed E-state index contributed by atoms with van der Waals surface area (Å²) in [6, 6.07) is 39.1. The molecule has 8 heterocycles. The summed E-state index contributed by atoms with van der Waals surface area (Å²) in [5.74, 6) is -0.756. The van der Waals surface area contributed by atoms with Crippen molar-refractivity contribution in [2.75, 3.05) is 13.2 Å². The molecule has 4 unspecified atom stereocenters. The minimum Gasteiger partial charge on any atom is -0.484 e. The smallest absolute Gasteiger partial charge is 0.345 e. The minimum absolute atomic E-state index is 0.0370. The van der Waals surface area contributed by atoms with Gasteiger partial charge in [-0.1, -0.05) is 107 Å². The molecule has 17 heteroatoms. The van der Waals surface area contributed by atoms with Crippen molar-refractivity contribution in [2.45, 2.75) is 140 Å². The second-order valence-corrected chi connectivity index (χ2v) is 27.1. The van der Waals surface area contributed by atoms with Gasteiger partial charge in [-0.3, -0.25) is 9.97 Å². The fraction of sp³-hybridized carbons (Fsp3) is 0.451. The number of fused-ring (bicyclic) bond motifs is 12. The van der Waals surface area contributed by atoms with Crippen LogP contribution in [0.15, 0.2) is 171 Å². The Morgan fingerprint density at radius 1 is 0.545 bits per heavy atom. The third kappa shape index (κ3) is 9.23. The molecule has 4 aliphatic carbocycles. The van der Waals surface area contributed by atoms with Gasteiger partial charge in [0, 0.05) is 81.8 Å². The predicted molar refractivity (Wildman–Crippen MR) is 320 cm³/mol. The highest BCUT2D eigenvalue weighted by atomic mass is 16.7. The molecular weight excluding hydrogens is 1120 g/mol. The van der Waals surface area contributed by atoms with Gasteiger partial charge in [0.25, 0.3) is 0 Å². The first kappa shape index (κ1) is 58.3. The van der Waals surface area contributed by atoms with Crippen LogP contribution in [0.25, 0.3) is 22.6 Å². The zero-order valence-electron chi connectivity index (χ0n) is 50.2. The van der Waals surface area contributed by atoms with Crippen LogP contribution >= 0.6 is 0 Å². The molecule has 15 rings (SSSR count). The Morgan fingerprint density at radius 2 is 0.989 bits per heavy atom. The summed E-state index contributed by atoms with van der Waals surface area (Å²) in [4.78, 5) is 48.9. The van der Waals surface area contributed by atoms with Crippen molar-refractivity contribution in [3.8, 4) is 34.1 Å². The van der Waals surface area contributed by atoms with Crippen molar-refractivity contribution in [3.63, 3.8) is 0 Å². The standard InChI is InChI=1S/C39H39NO8.C32H35NO7/c1-37-17-16-29-38(2,22-44-36(47-29)24-13-8-5-9-14-24)28(37)20-30(46-34(42)23-11-6-4-7-12-23)39(3)33(37)32(41)31-27(48-39)19-26(45-35(31)43)25-15-10-18-40-21-25;1-30-12-11-24-31(2,17-37-29(39-24)18-8-5-4-6-9-18)22(30)15-23(34)32(3)27(30)26(35)25-21(40-32)14-20(38-28(25)36)19-10-7-13-33-16-19/h4-15,18-19,21,28-30,32-33,36,41H,16-17,20,22H2,1-3H3;4-10,13-14,16,22-24,26-27,29,34-35H,11-12,15,17H2,1-3H3/t28?,29-,30-,32-,33?,36+,37-,38-,39+;22?,23-,24-,26-,27?,29+,30-,31-,32+/m00/s1. The minimum atomic E-state index is -1.24. The maximum atomic E-state index is 13.7. The van der Waals surface area contributed by atoms with E-state index < -0.39 is 98.9 Å². The summed E-state index contributed by atoms with van der Waals surface area (Å²) in [5.41, 5.74) is -1.70. The quantitative estimate of drug-likeness (QED) is 0.131. The zero-order chi connectivity index (χ0) is 61.1. The van der Waals surface area contributed by atoms with Gasteiger partial charge < -0.3 is 57.3 Å². The van der Waals surface area contributed by atoms with Crippen LogP contribution < -0.4 is 20.7 Å². The molecule has 0 amide bonds. The molecule has 7 aromatic rings. The Hall–Kier alpha value is -7.35. The first-order chi connectivity index (χ1) is 42.3. The molecule has 17 nitrogen and oxygen atoms in total. The Bertz CT molecular complexity index is 3860. The lowest BCUT2D eigenvalue weighted by Gasteiger charge is -2.67. The highest BCUT2D eigenvalue weighted by Gasteiger charge is 2.72. The van der Waals surface area contributed by atoms with E-state index in [4.69, 9.17) is 42.0 Å². The van der Waals surface area contributed by atoms with Crippen molar-refractivity contribution in [1.29, 1.82) is 0 Å². The molecule has 4 saturated carbocycles. The Morgan fingerprint density at radius 3 is 1.45 bits per heavy atom. The second kappa shape index (κ2) is 21.7. The van der Waals surface area contributed by atoms with Gasteiger partial charge in [0.1, 0.15) is 51.5 Å². The average molecular weight is 1200 g/mol. The van der Waals surface area contributed by atoms with Crippen LogP contribution in [-0.2, 0) is 23.7 Å². The number of aromatic nitrogens is 2. The van der Waals surface area contributed by atoms with Gasteiger partial charge in [-0.2, -0.15) is 0 Å². The van der Waals surface area contributed by atoms with Gasteiger partial charge >= 0.3 is 17.2 Å². The normalized spacial score (nSPS) is 37.4. The number of nitrogens with zero attached hydrogens (tertiary/aromatic N) is 2. The Balaban J connectivity index is 0.000000157. The number of aliphatic hydroxyl groups excluding tert-OH is 3. The summed E-state index contributed by atoms with van der Waals surface area (Å²) in [6.07, 6.45) is 5.17. The molecule has 88 heavy (non-hydrogen) atoms. The summed E-state index contributed by atoms with van der Waals surface area (Å²) < 4.78 is 57.2. The van der Waals surface area contributed by atoms with Crippen LogP contribution in [0.5, 0.6) is 11.5 Å². The van der Waals surface area contributed by atoms with Crippen LogP contribution in [0.4, 0.5) is 0 Å². The number of rotatable bonds is 6. The molecule has 3 N–H and O–H groups in total. The van der Waals surface area contributed by atoms with Gasteiger partial charge in [-0.15, -0.1) is 0 Å². The van der Waals surface area contributed by atoms with Crippen LogP contribution in [-0.4, -0.2) is 80.1 Å². The second-order valence-electron chi connectivity index (χ2n) is 27.1. The van der Waals surface area contributed by atoms with E-state index in [9.17, 15) is 29.7 Å². The average Bonchev–Trinajstić information content (AvgIpc) is 1.02. The lowest BCUT2D eigenvalue weighted by molar-refractivity contribution is -0.330. The zero-order valence-corrected chi connectivity index (χ0v) is 50.2. The first-order valence-electron chi connectivity index (χ1n) is 30.8. The van der Waals surface area contributed by atoms with E-state index in [1.807, 2.05) is 80.6 Å². The lowest BCUT2D eigenvalue weighted by atomic mass is 9.42. The molecule has 458 valence electrons. The molecule has 0 bridgehead atoms. The molecule has 6 fully saturated rings. The molecule has 3 aromatic carbocycles. The number of carbonyl (C=O) groups excluding carboxylic acids is 1. The van der Waals surface area contributed by atoms with Gasteiger partial charge in [-0.05, 0) is 111 Å². The number of aliphatic hydroxyl groups is 3. The van der Waals surface area contributed by atoms with Gasteiger partial charge in [0.2, 0.25) is 0 Å². The monoisotopic (exact) mass is 1190 g/mol. The third-order valence-electron chi connectivity index (χ3n) is 22.2. The molecule has 8 aliphatic rings. The number of esters is 1. The van der Waals surface area contributed by atoms with E-state index in [1.165, 1.54) is 0 Å². The SMILES string of the molecule is C[C@]12CC[C@@H]3O[C@H](c4ccccc4)OC[C@@]3(C)C1C[C@H](O)[C@@]1(C)Oc3cc(-c4cccnc4)oc(=O)c3[C@H](O)C21.C[C@]12CC[C@@H]3O[C@H](c4ccccc4)OC[C@@]3(C)C1C[C@H](OC(=O)c1ccccc1)[C@@]1(C)Oc3cc(-c4cccnc4)oc(=O)c3[C@H](O)C21. The van der Waals surface area contributed by atoms with E-state index >= 15 is 0 Å². The van der Waals surface area contributed by atoms with Gasteiger partial charge in [-0.25, -0.2) is 14.4 Å². The molecule has 4 aliphatic heterocycles. The highest BCUT2D eigenvalue weighted by Crippen LogP contribution is 2.70. The summed E-state index contributed by atoms with van der Waals surface area (Å²) in [6.45, 7) is 13.3. The number of benzene rings is 3. The molecule has 0 spiro atoms. The maximum absolute atomic E-state index is 13.7. The van der Waals surface area contributed by atoms with E-state index in [0.717, 1.165) is 30.4 Å². The molecule has 2 saturated heterocycles. The number of carbonyl (C=O) groups is 1. The van der Waals surface area contributed by atoms with Crippen LogP contribution in [0, 0.1) is 45.3 Å². The van der Waals surface area contributed by atoms with Crippen molar-refractivity contribution < 1.29 is 62.1 Å². The molecule has 0 radical (unpaired) electrons. The fourth-order valence-corrected chi connectivity index (χ4v) is 17.9. The summed E-state index contributed by atoms with van der Waals surface area (Å²) in [7, 11) is 0. The largest absolute Gasteiger partial charge is 0.484 e. The van der Waals surface area contributed by atoms with Crippen molar-refractivity contribution in [1.82, 2.24) is 9.97 Å². The van der Waals surface area contributed by atoms with Gasteiger partial charge in [0.05, 0.1) is 49.3 Å². The van der Waals surface area contributed by atoms with E-state index in [2.05, 4.69) is 37.7 Å². The van der Waals surface area contributed by atoms with Crippen molar-refractivity contribution in [3.05, 3.63) is 201 Å². The third-order valence-corrected chi connectivity index (χ3v) is 22.2. The van der Waals surface area contributed by atoms with Crippen LogP contribution in [0.3, 0.4) is 0 Å². The first-order valence-corrected chi connectivity index (χ1v) is 30.8. The fourth-order valence-electron chi connectivity index (χ4n) is 17.9. The van der Waals surface area contributed by atoms with Crippen molar-refractivity contribution in [2.24, 2.45) is 45.3 Å². The number of hydrogen-bond acceptors (Lipinski definition) is 17. The highest BCUT2D eigenvalue weighted by molar-refractivity contribution is 5.89. The topological polar surface area (TPSA) is 229 Å². The number of ether oxygens (including phenoxy) is 7. The van der Waals surface area contributed by atoms with Gasteiger partial charge in [0.15, 0.2) is 12.6 Å². The van der Waals surface area contributed by atoms with Crippen LogP contribution in [0.2, 0.25) is 0 Å². The summed E-state index contributed by atoms with van der Waals surface area (Å²) >= 11 is 0. The molecular formula is C71H74N2O15. The predicted octanol–water partition coefficient (Wildman–Crippen LogP) is 11.5. The van der Waals surface area contributed by atoms with E-state index in [1.54, 1.807) is 85.5 Å². The van der Waals surface area contributed by atoms with Crippen molar-refractivity contribution >= 4 is 5.97 Å². The maximum Gasteiger partial charge on any atom is 0.345 e. The number of pyridine rings is 2. The lowest BCUT2D eigenvalue weighted by Crippen LogP contribution is -2.71. The molecule has 4 aromatic heterocycles. The Labute approximate surface area is 509 Å². The molecule has 18 atom stereocenters. The van der Waals surface area contributed by atoms with E-state index in [-0.39, 0.29) is 52.4 Å². The van der Waals surface area contributed by atoms with E-state index in [0.29, 0.717) is 54.9 Å². The Kier molecular flexibility index (Phi) is 14.4.